The number of alkyl halides is 3. The summed E-state index contributed by atoms with van der Waals surface area (Å²) in [5.41, 5.74) is 2.34. The highest BCUT2D eigenvalue weighted by molar-refractivity contribution is 9.10. The van der Waals surface area contributed by atoms with Gasteiger partial charge in [-0.3, -0.25) is 9.52 Å². The first-order chi connectivity index (χ1) is 18.2. The fourth-order valence-electron chi connectivity index (χ4n) is 4.60. The number of imidazole rings is 1. The van der Waals surface area contributed by atoms with Gasteiger partial charge in [0, 0.05) is 23.4 Å². The van der Waals surface area contributed by atoms with Gasteiger partial charge in [-0.2, -0.15) is 21.6 Å². The monoisotopic (exact) mass is 626 g/mol. The van der Waals surface area contributed by atoms with Crippen molar-refractivity contribution in [2.75, 3.05) is 4.72 Å². The van der Waals surface area contributed by atoms with E-state index in [1.165, 1.54) is 18.2 Å². The molecule has 208 valence electrons. The number of rotatable bonds is 9. The van der Waals surface area contributed by atoms with Crippen LogP contribution in [0.1, 0.15) is 53.9 Å². The Balaban J connectivity index is 1.71. The van der Waals surface area contributed by atoms with Crippen LogP contribution in [0.3, 0.4) is 0 Å². The molecule has 4 aromatic rings. The first-order valence-corrected chi connectivity index (χ1v) is 14.3. The zero-order valence-electron chi connectivity index (χ0n) is 21.3. The average Bonchev–Trinajstić information content (AvgIpc) is 3.35. The molecule has 1 amide bonds. The Morgan fingerprint density at radius 1 is 1.23 bits per heavy atom. The standard InChI is InChI=1S/C26H26BrF3N4O4S/c1-4-7-21-32-15(3)23(25(31)35)34(21)14(2)12-16-10-11-20-18(13-16)22(27)24(38-20)17-8-5-6-9-19(17)33-39(36,37)26(28,29)30/h5-6,8-11,13-14,33H,4,7,12H2,1-3H3,(H2,31,35). The summed E-state index contributed by atoms with van der Waals surface area (Å²) in [6, 6.07) is 11.0. The topological polar surface area (TPSA) is 120 Å². The predicted molar refractivity (Wildman–Crippen MR) is 146 cm³/mol. The second kappa shape index (κ2) is 10.7. The molecular weight excluding hydrogens is 601 g/mol. The average molecular weight is 627 g/mol. The molecule has 2 heterocycles. The van der Waals surface area contributed by atoms with Crippen LogP contribution in [0.2, 0.25) is 0 Å². The highest BCUT2D eigenvalue weighted by Gasteiger charge is 2.46. The van der Waals surface area contributed by atoms with Crippen molar-refractivity contribution >= 4 is 48.5 Å². The van der Waals surface area contributed by atoms with Crippen molar-refractivity contribution in [2.45, 2.75) is 51.6 Å². The first kappa shape index (κ1) is 28.7. The summed E-state index contributed by atoms with van der Waals surface area (Å²) in [7, 11) is -5.63. The molecule has 0 bridgehead atoms. The summed E-state index contributed by atoms with van der Waals surface area (Å²) in [6.07, 6.45) is 2.06. The van der Waals surface area contributed by atoms with E-state index in [1.54, 1.807) is 23.8 Å². The van der Waals surface area contributed by atoms with Crippen LogP contribution in [0.4, 0.5) is 18.9 Å². The number of halogens is 4. The molecule has 8 nitrogen and oxygen atoms in total. The van der Waals surface area contributed by atoms with E-state index in [-0.39, 0.29) is 23.1 Å². The number of sulfonamides is 1. The Kier molecular flexibility index (Phi) is 7.86. The lowest BCUT2D eigenvalue weighted by atomic mass is 10.0. The van der Waals surface area contributed by atoms with E-state index in [0.29, 0.717) is 39.7 Å². The van der Waals surface area contributed by atoms with Crippen LogP contribution in [-0.4, -0.2) is 29.4 Å². The predicted octanol–water partition coefficient (Wildman–Crippen LogP) is 6.48. The van der Waals surface area contributed by atoms with Gasteiger partial charge in [0.05, 0.1) is 15.9 Å². The number of carbonyl (C=O) groups is 1. The second-order valence-electron chi connectivity index (χ2n) is 9.17. The summed E-state index contributed by atoms with van der Waals surface area (Å²) >= 11 is 3.48. The third-order valence-electron chi connectivity index (χ3n) is 6.25. The van der Waals surface area contributed by atoms with E-state index in [4.69, 9.17) is 10.2 Å². The Hall–Kier alpha value is -3.32. The van der Waals surface area contributed by atoms with Gasteiger partial charge < -0.3 is 14.7 Å². The third-order valence-corrected chi connectivity index (χ3v) is 8.14. The van der Waals surface area contributed by atoms with Crippen molar-refractivity contribution in [2.24, 2.45) is 5.73 Å². The molecule has 2 aromatic carbocycles. The number of aryl methyl sites for hydroxylation is 2. The lowest BCUT2D eigenvalue weighted by Crippen LogP contribution is -2.30. The summed E-state index contributed by atoms with van der Waals surface area (Å²) in [4.78, 5) is 16.7. The molecule has 0 radical (unpaired) electrons. The highest BCUT2D eigenvalue weighted by atomic mass is 79.9. The van der Waals surface area contributed by atoms with Crippen LogP contribution in [-0.2, 0) is 22.9 Å². The number of amides is 1. The largest absolute Gasteiger partial charge is 0.516 e. The zero-order chi connectivity index (χ0) is 28.7. The van der Waals surface area contributed by atoms with Crippen LogP contribution in [0.5, 0.6) is 0 Å². The summed E-state index contributed by atoms with van der Waals surface area (Å²) in [6.45, 7) is 5.75. The van der Waals surface area contributed by atoms with E-state index in [9.17, 15) is 26.4 Å². The molecule has 0 fully saturated rings. The minimum Gasteiger partial charge on any atom is -0.455 e. The van der Waals surface area contributed by atoms with Gasteiger partial charge in [-0.05, 0) is 72.4 Å². The van der Waals surface area contributed by atoms with Gasteiger partial charge in [-0.15, -0.1) is 0 Å². The molecule has 0 saturated carbocycles. The quantitative estimate of drug-likeness (QED) is 0.220. The maximum Gasteiger partial charge on any atom is 0.516 e. The smallest absolute Gasteiger partial charge is 0.455 e. The van der Waals surface area contributed by atoms with E-state index >= 15 is 0 Å². The molecule has 4 rings (SSSR count). The van der Waals surface area contributed by atoms with Gasteiger partial charge in [-0.25, -0.2) is 4.98 Å². The normalized spacial score (nSPS) is 13.1. The lowest BCUT2D eigenvalue weighted by molar-refractivity contribution is -0.0429. The van der Waals surface area contributed by atoms with Crippen molar-refractivity contribution < 1.29 is 30.8 Å². The number of nitrogens with two attached hydrogens (primary N) is 1. The first-order valence-electron chi connectivity index (χ1n) is 12.0. The van der Waals surface area contributed by atoms with Crippen LogP contribution in [0.15, 0.2) is 51.4 Å². The maximum absolute atomic E-state index is 13.0. The minimum atomic E-state index is -5.63. The van der Waals surface area contributed by atoms with Crippen LogP contribution >= 0.6 is 15.9 Å². The van der Waals surface area contributed by atoms with E-state index in [2.05, 4.69) is 20.9 Å². The SMILES string of the molecule is CCCc1nc(C)c(C(N)=O)n1C(C)Cc1ccc2oc(-c3ccccc3NS(=O)(=O)C(F)(F)F)c(Br)c2c1. The number of para-hydroxylation sites is 1. The van der Waals surface area contributed by atoms with Gasteiger partial charge in [-0.1, -0.05) is 25.1 Å². The molecule has 0 saturated heterocycles. The number of hydrogen-bond acceptors (Lipinski definition) is 5. The van der Waals surface area contributed by atoms with Gasteiger partial charge in [0.25, 0.3) is 5.91 Å². The van der Waals surface area contributed by atoms with Gasteiger partial charge >= 0.3 is 15.5 Å². The number of carbonyl (C=O) groups excluding carboxylic acids is 1. The maximum atomic E-state index is 13.0. The molecule has 0 aliphatic rings. The van der Waals surface area contributed by atoms with Gasteiger partial charge in [0.15, 0.2) is 5.76 Å². The number of nitrogens with zero attached hydrogens (tertiary/aromatic N) is 2. The Bertz CT molecular complexity index is 1660. The number of benzene rings is 2. The third kappa shape index (κ3) is 5.55. The molecule has 3 N–H and O–H groups in total. The summed E-state index contributed by atoms with van der Waals surface area (Å²) < 4.78 is 72.3. The molecule has 0 aliphatic carbocycles. The summed E-state index contributed by atoms with van der Waals surface area (Å²) in [5.74, 6) is 0.399. The number of furan rings is 1. The van der Waals surface area contributed by atoms with Crippen LogP contribution in [0.25, 0.3) is 22.3 Å². The van der Waals surface area contributed by atoms with Crippen LogP contribution in [0, 0.1) is 6.92 Å². The lowest BCUT2D eigenvalue weighted by Gasteiger charge is -2.19. The highest BCUT2D eigenvalue weighted by Crippen LogP contribution is 2.42. The molecule has 1 unspecified atom stereocenters. The Morgan fingerprint density at radius 3 is 2.56 bits per heavy atom. The van der Waals surface area contributed by atoms with Crippen molar-refractivity contribution in [3.8, 4) is 11.3 Å². The molecule has 39 heavy (non-hydrogen) atoms. The van der Waals surface area contributed by atoms with E-state index in [0.717, 1.165) is 17.8 Å². The molecule has 1 atom stereocenters. The number of anilines is 1. The zero-order valence-corrected chi connectivity index (χ0v) is 23.7. The van der Waals surface area contributed by atoms with Crippen molar-refractivity contribution in [1.29, 1.82) is 0 Å². The molecule has 2 aromatic heterocycles. The minimum absolute atomic E-state index is 0.132. The second-order valence-corrected chi connectivity index (χ2v) is 11.6. The molecule has 0 spiro atoms. The number of hydrogen-bond donors (Lipinski definition) is 2. The number of fused-ring (bicyclic) bond motifs is 1. The van der Waals surface area contributed by atoms with E-state index in [1.807, 2.05) is 30.5 Å². The Labute approximate surface area is 231 Å². The summed E-state index contributed by atoms with van der Waals surface area (Å²) in [5, 5.41) is 0.647. The van der Waals surface area contributed by atoms with Gasteiger partial charge in [0.2, 0.25) is 0 Å². The van der Waals surface area contributed by atoms with Crippen molar-refractivity contribution in [3.63, 3.8) is 0 Å². The molecule has 13 heteroatoms. The number of primary amides is 1. The van der Waals surface area contributed by atoms with Crippen molar-refractivity contribution in [1.82, 2.24) is 9.55 Å². The fraction of sp³-hybridized carbons (Fsp3) is 0.308. The molecular formula is C26H26BrF3N4O4S. The van der Waals surface area contributed by atoms with Crippen LogP contribution < -0.4 is 10.5 Å². The number of aromatic nitrogens is 2. The molecule has 0 aliphatic heterocycles. The Morgan fingerprint density at radius 2 is 1.92 bits per heavy atom. The fourth-order valence-corrected chi connectivity index (χ4v) is 5.78. The van der Waals surface area contributed by atoms with E-state index < -0.39 is 21.4 Å². The van der Waals surface area contributed by atoms with Gasteiger partial charge in [0.1, 0.15) is 17.1 Å². The van der Waals surface area contributed by atoms with Crippen molar-refractivity contribution in [3.05, 3.63) is 69.7 Å². The number of nitrogens with one attached hydrogen (secondary N) is 1.